The number of nitrogens with one attached hydrogen (secondary N) is 1. The van der Waals surface area contributed by atoms with Crippen LogP contribution in [0.5, 0.6) is 5.75 Å². The van der Waals surface area contributed by atoms with Gasteiger partial charge in [-0.15, -0.1) is 0 Å². The van der Waals surface area contributed by atoms with E-state index in [0.717, 1.165) is 54.6 Å². The largest absolute Gasteiger partial charge is 0.490 e. The number of benzene rings is 1. The van der Waals surface area contributed by atoms with Crippen molar-refractivity contribution in [2.24, 2.45) is 5.92 Å². The fraction of sp³-hybridized carbons (Fsp3) is 0.522. The summed E-state index contributed by atoms with van der Waals surface area (Å²) in [6.45, 7) is 2.83. The number of ether oxygens (including phenoxy) is 2. The molecule has 1 amide bonds. The van der Waals surface area contributed by atoms with Gasteiger partial charge in [-0.1, -0.05) is 6.07 Å². The van der Waals surface area contributed by atoms with Gasteiger partial charge in [0.25, 0.3) is 0 Å². The van der Waals surface area contributed by atoms with Gasteiger partial charge in [0.15, 0.2) is 0 Å². The van der Waals surface area contributed by atoms with Crippen LogP contribution in [0.15, 0.2) is 24.3 Å². The molecule has 2 aliphatic rings. The normalized spacial score (nSPS) is 20.3. The molecule has 8 heteroatoms. The maximum atomic E-state index is 12.0. The number of anilines is 1. The van der Waals surface area contributed by atoms with Crippen LogP contribution in [0, 0.1) is 12.8 Å². The van der Waals surface area contributed by atoms with E-state index >= 15 is 0 Å². The van der Waals surface area contributed by atoms with Gasteiger partial charge in [0.1, 0.15) is 12.4 Å². The van der Waals surface area contributed by atoms with Gasteiger partial charge < -0.3 is 20.5 Å². The Morgan fingerprint density at radius 2 is 1.90 bits per heavy atom. The summed E-state index contributed by atoms with van der Waals surface area (Å²) in [5.41, 5.74) is 8.69. The van der Waals surface area contributed by atoms with Crippen LogP contribution in [-0.4, -0.2) is 42.4 Å². The van der Waals surface area contributed by atoms with Crippen LogP contribution in [0.4, 0.5) is 5.69 Å². The van der Waals surface area contributed by atoms with E-state index in [2.05, 4.69) is 10.3 Å². The summed E-state index contributed by atoms with van der Waals surface area (Å²) in [5.74, 6) is 1.47. The Morgan fingerprint density at radius 1 is 1.19 bits per heavy atom. The summed E-state index contributed by atoms with van der Waals surface area (Å²) in [6, 6.07) is 7.97. The number of rotatable bonds is 7. The third kappa shape index (κ3) is 6.77. The number of amides is 1. The summed E-state index contributed by atoms with van der Waals surface area (Å²) >= 11 is 0. The van der Waals surface area contributed by atoms with Crippen LogP contribution >= 0.6 is 0 Å². The SMILES string of the molecule is Cc1cc(N)c2c(OC3CCC(NC(=O)COCC4CC4)CC3)cccc2n1.O=C=O. The molecule has 1 heterocycles. The third-order valence-corrected chi connectivity index (χ3v) is 5.57. The number of hydrogen-bond donors (Lipinski definition) is 2. The van der Waals surface area contributed by atoms with Gasteiger partial charge >= 0.3 is 6.15 Å². The molecule has 4 rings (SSSR count). The summed E-state index contributed by atoms with van der Waals surface area (Å²) in [6.07, 6.45) is 6.50. The first-order valence-electron chi connectivity index (χ1n) is 10.7. The molecule has 0 aliphatic heterocycles. The highest BCUT2D eigenvalue weighted by molar-refractivity contribution is 5.95. The lowest BCUT2D eigenvalue weighted by molar-refractivity contribution is -0.191. The van der Waals surface area contributed by atoms with Crippen molar-refractivity contribution in [1.82, 2.24) is 10.3 Å². The molecule has 0 radical (unpaired) electrons. The number of nitrogens with two attached hydrogens (primary N) is 1. The number of aromatic nitrogens is 1. The first-order chi connectivity index (χ1) is 15.0. The molecule has 2 aliphatic carbocycles. The van der Waals surface area contributed by atoms with Crippen LogP contribution in [-0.2, 0) is 19.1 Å². The summed E-state index contributed by atoms with van der Waals surface area (Å²) in [7, 11) is 0. The van der Waals surface area contributed by atoms with Crippen LogP contribution in [0.3, 0.4) is 0 Å². The second-order valence-corrected chi connectivity index (χ2v) is 8.20. The van der Waals surface area contributed by atoms with Crippen LogP contribution in [0.25, 0.3) is 10.9 Å². The Hall–Kier alpha value is -2.96. The van der Waals surface area contributed by atoms with E-state index in [1.807, 2.05) is 31.2 Å². The number of pyridine rings is 1. The molecule has 2 saturated carbocycles. The van der Waals surface area contributed by atoms with Gasteiger partial charge in [-0.2, -0.15) is 9.59 Å². The van der Waals surface area contributed by atoms with Gasteiger partial charge in [-0.05, 0) is 69.6 Å². The van der Waals surface area contributed by atoms with E-state index < -0.39 is 0 Å². The average molecular weight is 428 g/mol. The molecular weight excluding hydrogens is 398 g/mol. The highest BCUT2D eigenvalue weighted by Crippen LogP contribution is 2.33. The second kappa shape index (κ2) is 10.9. The molecule has 0 spiro atoms. The highest BCUT2D eigenvalue weighted by Gasteiger charge is 2.25. The second-order valence-electron chi connectivity index (χ2n) is 8.20. The maximum absolute atomic E-state index is 12.0. The predicted molar refractivity (Wildman–Crippen MR) is 114 cm³/mol. The van der Waals surface area contributed by atoms with Gasteiger partial charge in [0, 0.05) is 17.4 Å². The van der Waals surface area contributed by atoms with Crippen molar-refractivity contribution in [3.63, 3.8) is 0 Å². The Kier molecular flexibility index (Phi) is 7.98. The van der Waals surface area contributed by atoms with Gasteiger partial charge in [0.05, 0.1) is 23.6 Å². The van der Waals surface area contributed by atoms with E-state index in [1.165, 1.54) is 12.8 Å². The minimum Gasteiger partial charge on any atom is -0.490 e. The van der Waals surface area contributed by atoms with Crippen molar-refractivity contribution in [3.8, 4) is 5.75 Å². The van der Waals surface area contributed by atoms with Crippen LogP contribution in [0.2, 0.25) is 0 Å². The van der Waals surface area contributed by atoms with Gasteiger partial charge in [-0.25, -0.2) is 0 Å². The molecule has 31 heavy (non-hydrogen) atoms. The van der Waals surface area contributed by atoms with E-state index in [4.69, 9.17) is 24.8 Å². The number of nitrogens with zero attached hydrogens (tertiary/aromatic N) is 1. The molecule has 0 atom stereocenters. The number of carbonyl (C=O) groups excluding carboxylic acids is 3. The van der Waals surface area contributed by atoms with Crippen molar-refractivity contribution >= 4 is 28.6 Å². The van der Waals surface area contributed by atoms with Crippen LogP contribution in [0.1, 0.15) is 44.2 Å². The Balaban J connectivity index is 0.000000858. The monoisotopic (exact) mass is 427 g/mol. The lowest BCUT2D eigenvalue weighted by Gasteiger charge is -2.30. The first-order valence-corrected chi connectivity index (χ1v) is 10.7. The first kappa shape index (κ1) is 22.7. The number of hydrogen-bond acceptors (Lipinski definition) is 7. The topological polar surface area (TPSA) is 121 Å². The molecule has 2 fully saturated rings. The average Bonchev–Trinajstić information content (AvgIpc) is 3.54. The van der Waals surface area contributed by atoms with Crippen LogP contribution < -0.4 is 15.8 Å². The van der Waals surface area contributed by atoms with Crippen molar-refractivity contribution in [1.29, 1.82) is 0 Å². The Bertz CT molecular complexity index is 930. The molecule has 8 nitrogen and oxygen atoms in total. The number of carbonyl (C=O) groups is 1. The molecule has 3 N–H and O–H groups in total. The van der Waals surface area contributed by atoms with Crippen molar-refractivity contribution < 1.29 is 23.9 Å². The van der Waals surface area contributed by atoms with E-state index in [-0.39, 0.29) is 30.8 Å². The minimum atomic E-state index is -0.00621. The maximum Gasteiger partial charge on any atom is 0.373 e. The van der Waals surface area contributed by atoms with Crippen molar-refractivity contribution in [3.05, 3.63) is 30.0 Å². The zero-order chi connectivity index (χ0) is 22.2. The molecule has 0 saturated heterocycles. The molecule has 1 aromatic heterocycles. The number of aryl methyl sites for hydroxylation is 1. The molecule has 1 aromatic carbocycles. The predicted octanol–water partition coefficient (Wildman–Crippen LogP) is 2.77. The third-order valence-electron chi connectivity index (χ3n) is 5.57. The molecule has 0 bridgehead atoms. The van der Waals surface area contributed by atoms with E-state index in [0.29, 0.717) is 11.6 Å². The summed E-state index contributed by atoms with van der Waals surface area (Å²) in [5, 5.41) is 3.98. The van der Waals surface area contributed by atoms with E-state index in [9.17, 15) is 4.79 Å². The highest BCUT2D eigenvalue weighted by atomic mass is 16.5. The van der Waals surface area contributed by atoms with E-state index in [1.54, 1.807) is 0 Å². The zero-order valence-electron chi connectivity index (χ0n) is 17.8. The fourth-order valence-electron chi connectivity index (χ4n) is 3.90. The molecule has 2 aromatic rings. The zero-order valence-corrected chi connectivity index (χ0v) is 17.8. The molecule has 0 unspecified atom stereocenters. The lowest BCUT2D eigenvalue weighted by atomic mass is 9.93. The fourth-order valence-corrected chi connectivity index (χ4v) is 3.90. The van der Waals surface area contributed by atoms with Crippen molar-refractivity contribution in [2.75, 3.05) is 18.9 Å². The molecular formula is C23H29N3O5. The lowest BCUT2D eigenvalue weighted by Crippen LogP contribution is -2.41. The van der Waals surface area contributed by atoms with Crippen molar-refractivity contribution in [2.45, 2.75) is 57.6 Å². The minimum absolute atomic E-state index is 0.00621. The Labute approximate surface area is 181 Å². The smallest absolute Gasteiger partial charge is 0.373 e. The van der Waals surface area contributed by atoms with Gasteiger partial charge in [-0.3, -0.25) is 9.78 Å². The Morgan fingerprint density at radius 3 is 2.58 bits per heavy atom. The summed E-state index contributed by atoms with van der Waals surface area (Å²) < 4.78 is 11.8. The number of fused-ring (bicyclic) bond motifs is 1. The quantitative estimate of drug-likeness (QED) is 0.697. The molecule has 166 valence electrons. The standard InChI is InChI=1S/C22H29N3O3.CO2/c1-14-11-18(23)22-19(24-14)3-2-4-20(22)28-17-9-7-16(8-10-17)25-21(26)13-27-12-15-5-6-15;2-1-3/h2-4,11,15-17H,5-10,12-13H2,1H3,(H2,23,24)(H,25,26);. The summed E-state index contributed by atoms with van der Waals surface area (Å²) in [4.78, 5) is 32.8. The number of nitrogen functional groups attached to an aromatic ring is 1. The van der Waals surface area contributed by atoms with Gasteiger partial charge in [0.2, 0.25) is 5.91 Å².